The molecule has 1 fully saturated rings. The first-order valence-corrected chi connectivity index (χ1v) is 9.62. The van der Waals surface area contributed by atoms with Gasteiger partial charge in [-0.05, 0) is 17.7 Å². The van der Waals surface area contributed by atoms with Crippen LogP contribution in [-0.4, -0.2) is 43.0 Å². The number of benzene rings is 1. The second-order valence-corrected chi connectivity index (χ2v) is 7.34. The number of rotatable bonds is 4. The summed E-state index contributed by atoms with van der Waals surface area (Å²) < 4.78 is 14.1. The number of nitrogens with one attached hydrogen (secondary N) is 1. The minimum atomic E-state index is -0.766. The molecule has 2 amide bonds. The Balaban J connectivity index is 1.89. The first-order chi connectivity index (χ1) is 13.3. The Morgan fingerprint density at radius 1 is 1.36 bits per heavy atom. The average Bonchev–Trinajstić information content (AvgIpc) is 3.15. The van der Waals surface area contributed by atoms with Gasteiger partial charge < -0.3 is 15.3 Å². The zero-order chi connectivity index (χ0) is 20.4. The molecule has 0 bridgehead atoms. The molecule has 0 unspecified atom stereocenters. The number of thioether (sulfide) groups is 1. The third kappa shape index (κ3) is 3.86. The molecule has 2 aromatic rings. The molecular formula is C18H19FN4O4S. The van der Waals surface area contributed by atoms with Gasteiger partial charge in [0, 0.05) is 26.3 Å². The van der Waals surface area contributed by atoms with Gasteiger partial charge in [-0.3, -0.25) is 19.0 Å². The monoisotopic (exact) mass is 406 g/mol. The Morgan fingerprint density at radius 2 is 2.04 bits per heavy atom. The summed E-state index contributed by atoms with van der Waals surface area (Å²) in [6, 6.07) is 5.09. The Bertz CT molecular complexity index is 977. The van der Waals surface area contributed by atoms with Crippen LogP contribution in [0.1, 0.15) is 34.8 Å². The molecule has 28 heavy (non-hydrogen) atoms. The summed E-state index contributed by atoms with van der Waals surface area (Å²) >= 11 is 1.51. The van der Waals surface area contributed by atoms with E-state index in [1.165, 1.54) is 50.0 Å². The van der Waals surface area contributed by atoms with Crippen molar-refractivity contribution in [1.29, 1.82) is 0 Å². The summed E-state index contributed by atoms with van der Waals surface area (Å²) in [4.78, 5) is 42.5. The highest BCUT2D eigenvalue weighted by molar-refractivity contribution is 7.99. The third-order valence-electron chi connectivity index (χ3n) is 4.47. The van der Waals surface area contributed by atoms with E-state index in [-0.39, 0.29) is 18.3 Å². The van der Waals surface area contributed by atoms with E-state index in [2.05, 4.69) is 10.3 Å². The number of aromatic nitrogens is 2. The summed E-state index contributed by atoms with van der Waals surface area (Å²) in [5.41, 5.74) is -0.522. The molecule has 0 radical (unpaired) electrons. The first kappa shape index (κ1) is 19.9. The van der Waals surface area contributed by atoms with Crippen molar-refractivity contribution in [2.24, 2.45) is 7.05 Å². The molecule has 0 spiro atoms. The third-order valence-corrected chi connectivity index (χ3v) is 5.48. The lowest BCUT2D eigenvalue weighted by Crippen LogP contribution is -2.36. The van der Waals surface area contributed by atoms with Crippen molar-refractivity contribution < 1.29 is 19.1 Å². The molecule has 1 aromatic heterocycles. The lowest BCUT2D eigenvalue weighted by molar-refractivity contribution is -0.129. The molecule has 8 nitrogen and oxygen atoms in total. The maximum atomic E-state index is 13.0. The largest absolute Gasteiger partial charge is 0.501 e. The number of carbonyl (C=O) groups excluding carboxylic acids is 2. The van der Waals surface area contributed by atoms with Gasteiger partial charge in [0.1, 0.15) is 11.6 Å². The predicted molar refractivity (Wildman–Crippen MR) is 101 cm³/mol. The molecular weight excluding hydrogens is 387 g/mol. The minimum absolute atomic E-state index is 0.0730. The highest BCUT2D eigenvalue weighted by atomic mass is 32.2. The number of hydrogen-bond acceptors (Lipinski definition) is 6. The van der Waals surface area contributed by atoms with E-state index < -0.39 is 34.8 Å². The van der Waals surface area contributed by atoms with E-state index in [0.717, 1.165) is 4.57 Å². The van der Waals surface area contributed by atoms with Gasteiger partial charge in [-0.2, -0.15) is 0 Å². The molecule has 10 heteroatoms. The fourth-order valence-corrected chi connectivity index (χ4v) is 4.11. The van der Waals surface area contributed by atoms with E-state index in [9.17, 15) is 23.9 Å². The zero-order valence-corrected chi connectivity index (χ0v) is 16.1. The SMILES string of the molecule is CC(=O)N1CSC[C@H]1c1nc(C(=O)NCc2ccc(F)cc2)c(O)c(=O)n1C. The van der Waals surface area contributed by atoms with Crippen molar-refractivity contribution in [3.63, 3.8) is 0 Å². The summed E-state index contributed by atoms with van der Waals surface area (Å²) in [6.45, 7) is 1.50. The van der Waals surface area contributed by atoms with Crippen LogP contribution in [0.5, 0.6) is 5.75 Å². The fraction of sp³-hybridized carbons (Fsp3) is 0.333. The standard InChI is InChI=1S/C18H19FN4O4S/c1-10(24)23-9-28-8-13(23)16-21-14(15(25)18(27)22(16)2)17(26)20-7-11-3-5-12(19)6-4-11/h3-6,13,25H,7-9H2,1-2H3,(H,20,26)/t13-/m0/s1. The molecule has 2 N–H and O–H groups in total. The van der Waals surface area contributed by atoms with Gasteiger partial charge >= 0.3 is 0 Å². The number of carbonyl (C=O) groups is 2. The Labute approximate surface area is 164 Å². The van der Waals surface area contributed by atoms with Crippen molar-refractivity contribution in [1.82, 2.24) is 19.8 Å². The average molecular weight is 406 g/mol. The predicted octanol–water partition coefficient (Wildman–Crippen LogP) is 1.15. The number of nitrogens with zero attached hydrogens (tertiary/aromatic N) is 3. The van der Waals surface area contributed by atoms with Crippen LogP contribution in [0.4, 0.5) is 4.39 Å². The molecule has 3 rings (SSSR count). The number of hydrogen-bond donors (Lipinski definition) is 2. The smallest absolute Gasteiger partial charge is 0.296 e. The van der Waals surface area contributed by atoms with E-state index >= 15 is 0 Å². The maximum Gasteiger partial charge on any atom is 0.296 e. The number of aromatic hydroxyl groups is 1. The van der Waals surface area contributed by atoms with E-state index in [0.29, 0.717) is 17.2 Å². The topological polar surface area (TPSA) is 105 Å². The van der Waals surface area contributed by atoms with E-state index in [4.69, 9.17) is 0 Å². The van der Waals surface area contributed by atoms with Gasteiger partial charge in [-0.25, -0.2) is 9.37 Å². The second-order valence-electron chi connectivity index (χ2n) is 6.35. The molecule has 0 saturated carbocycles. The van der Waals surface area contributed by atoms with Crippen LogP contribution < -0.4 is 10.9 Å². The van der Waals surface area contributed by atoms with Crippen LogP contribution >= 0.6 is 11.8 Å². The van der Waals surface area contributed by atoms with Gasteiger partial charge in [0.25, 0.3) is 11.5 Å². The Kier molecular flexibility index (Phi) is 5.68. The van der Waals surface area contributed by atoms with Crippen LogP contribution in [-0.2, 0) is 18.4 Å². The highest BCUT2D eigenvalue weighted by Gasteiger charge is 2.33. The van der Waals surface area contributed by atoms with E-state index in [1.54, 1.807) is 4.90 Å². The maximum absolute atomic E-state index is 13.0. The zero-order valence-electron chi connectivity index (χ0n) is 15.3. The Morgan fingerprint density at radius 3 is 2.68 bits per heavy atom. The van der Waals surface area contributed by atoms with Gasteiger partial charge in [0.05, 0.1) is 11.9 Å². The second kappa shape index (κ2) is 8.01. The van der Waals surface area contributed by atoms with Gasteiger partial charge in [0.2, 0.25) is 11.7 Å². The molecule has 148 valence electrons. The quantitative estimate of drug-likeness (QED) is 0.789. The molecule has 1 aromatic carbocycles. The molecule has 1 aliphatic heterocycles. The number of halogens is 1. The van der Waals surface area contributed by atoms with Crippen molar-refractivity contribution in [2.45, 2.75) is 19.5 Å². The summed E-state index contributed by atoms with van der Waals surface area (Å²) in [5, 5.41) is 12.7. The molecule has 1 atom stereocenters. The summed E-state index contributed by atoms with van der Waals surface area (Å²) in [7, 11) is 1.44. The first-order valence-electron chi connectivity index (χ1n) is 8.47. The number of amides is 2. The van der Waals surface area contributed by atoms with Crippen LogP contribution in [0, 0.1) is 5.82 Å². The normalized spacial score (nSPS) is 16.2. The van der Waals surface area contributed by atoms with Gasteiger partial charge in [0.15, 0.2) is 5.69 Å². The molecule has 1 saturated heterocycles. The molecule has 0 aliphatic carbocycles. The highest BCUT2D eigenvalue weighted by Crippen LogP contribution is 2.32. The lowest BCUT2D eigenvalue weighted by Gasteiger charge is -2.23. The van der Waals surface area contributed by atoms with Crippen molar-refractivity contribution >= 4 is 23.6 Å². The summed E-state index contributed by atoms with van der Waals surface area (Å²) in [6.07, 6.45) is 0. The summed E-state index contributed by atoms with van der Waals surface area (Å²) in [5.74, 6) is -0.835. The Hall–Kier alpha value is -2.88. The fourth-order valence-electron chi connectivity index (χ4n) is 2.90. The molecule has 2 heterocycles. The van der Waals surface area contributed by atoms with Gasteiger partial charge in [-0.1, -0.05) is 12.1 Å². The van der Waals surface area contributed by atoms with Gasteiger partial charge in [-0.15, -0.1) is 11.8 Å². The lowest BCUT2D eigenvalue weighted by atomic mass is 10.2. The van der Waals surface area contributed by atoms with Crippen molar-refractivity contribution in [3.8, 4) is 5.75 Å². The van der Waals surface area contributed by atoms with Crippen LogP contribution in [0.15, 0.2) is 29.1 Å². The van der Waals surface area contributed by atoms with Crippen LogP contribution in [0.25, 0.3) is 0 Å². The molecule has 1 aliphatic rings. The van der Waals surface area contributed by atoms with Crippen molar-refractivity contribution in [3.05, 3.63) is 57.5 Å². The van der Waals surface area contributed by atoms with Crippen molar-refractivity contribution in [2.75, 3.05) is 11.6 Å². The van der Waals surface area contributed by atoms with E-state index in [1.807, 2.05) is 0 Å². The van der Waals surface area contributed by atoms with Crippen LogP contribution in [0.3, 0.4) is 0 Å². The minimum Gasteiger partial charge on any atom is -0.501 e. The van der Waals surface area contributed by atoms with Crippen LogP contribution in [0.2, 0.25) is 0 Å².